The number of aromatic nitrogens is 4. The monoisotopic (exact) mass is 275 g/mol. The van der Waals surface area contributed by atoms with E-state index in [1.54, 1.807) is 0 Å². The highest BCUT2D eigenvalue weighted by atomic mass is 15.2. The van der Waals surface area contributed by atoms with Crippen molar-refractivity contribution in [1.29, 1.82) is 0 Å². The Kier molecular flexibility index (Phi) is 1.86. The highest BCUT2D eigenvalue weighted by Crippen LogP contribution is 2.36. The standard InChI is InChI=1S/C17H15N4/c1-19-14-6-4-3-5-12(14)15-17(19)20(2)16-13-9-18-8-7-11(13)10-21(15)16/h3-9H,10H2,1-2H3/q+1. The fraction of sp³-hybridized carbons (Fsp3) is 0.176. The second kappa shape index (κ2) is 3.52. The zero-order chi connectivity index (χ0) is 14.1. The maximum absolute atomic E-state index is 4.30. The van der Waals surface area contributed by atoms with Crippen molar-refractivity contribution in [3.05, 3.63) is 48.3 Å². The van der Waals surface area contributed by atoms with E-state index in [1.807, 2.05) is 12.4 Å². The van der Waals surface area contributed by atoms with Crippen LogP contribution in [0, 0.1) is 0 Å². The molecule has 5 rings (SSSR count). The second-order valence-corrected chi connectivity index (χ2v) is 5.75. The number of pyridine rings is 1. The fourth-order valence-corrected chi connectivity index (χ4v) is 3.81. The Morgan fingerprint density at radius 3 is 2.95 bits per heavy atom. The molecule has 1 aliphatic heterocycles. The fourth-order valence-electron chi connectivity index (χ4n) is 3.81. The van der Waals surface area contributed by atoms with Gasteiger partial charge in [0.2, 0.25) is 5.82 Å². The second-order valence-electron chi connectivity index (χ2n) is 5.75. The van der Waals surface area contributed by atoms with Gasteiger partial charge >= 0.3 is 0 Å². The number of para-hydroxylation sites is 1. The first-order valence-electron chi connectivity index (χ1n) is 7.16. The van der Waals surface area contributed by atoms with Crippen LogP contribution in [-0.2, 0) is 20.6 Å². The van der Waals surface area contributed by atoms with Gasteiger partial charge in [0.25, 0.3) is 5.65 Å². The van der Waals surface area contributed by atoms with Crippen LogP contribution in [0.4, 0.5) is 0 Å². The van der Waals surface area contributed by atoms with Crippen LogP contribution < -0.4 is 4.57 Å². The number of hydrogen-bond acceptors (Lipinski definition) is 1. The smallest absolute Gasteiger partial charge is 0.264 e. The van der Waals surface area contributed by atoms with Crippen LogP contribution in [0.2, 0.25) is 0 Å². The summed E-state index contributed by atoms with van der Waals surface area (Å²) in [5, 5.41) is 1.32. The molecule has 3 aromatic heterocycles. The molecule has 0 fully saturated rings. The van der Waals surface area contributed by atoms with Gasteiger partial charge in [-0.2, -0.15) is 0 Å². The van der Waals surface area contributed by atoms with Gasteiger partial charge < -0.3 is 0 Å². The lowest BCUT2D eigenvalue weighted by molar-refractivity contribution is -0.636. The van der Waals surface area contributed by atoms with Crippen LogP contribution in [-0.4, -0.2) is 14.1 Å². The molecule has 102 valence electrons. The summed E-state index contributed by atoms with van der Waals surface area (Å²) >= 11 is 0. The molecule has 21 heavy (non-hydrogen) atoms. The van der Waals surface area contributed by atoms with Crippen LogP contribution in [0.15, 0.2) is 42.7 Å². The lowest BCUT2D eigenvalue weighted by atomic mass is 10.2. The van der Waals surface area contributed by atoms with Crippen molar-refractivity contribution in [3.8, 4) is 11.4 Å². The third-order valence-electron chi connectivity index (χ3n) is 4.69. The van der Waals surface area contributed by atoms with E-state index < -0.39 is 0 Å². The number of rotatable bonds is 0. The van der Waals surface area contributed by atoms with Gasteiger partial charge in [-0.1, -0.05) is 12.1 Å². The molecule has 1 aliphatic rings. The number of nitrogens with zero attached hydrogens (tertiary/aromatic N) is 4. The highest BCUT2D eigenvalue weighted by molar-refractivity contribution is 6.04. The number of hydrogen-bond donors (Lipinski definition) is 0. The lowest BCUT2D eigenvalue weighted by Gasteiger charge is -1.98. The molecule has 0 N–H and O–H groups in total. The van der Waals surface area contributed by atoms with Crippen molar-refractivity contribution >= 4 is 22.1 Å². The van der Waals surface area contributed by atoms with E-state index in [0.29, 0.717) is 0 Å². The Labute approximate surface area is 121 Å². The van der Waals surface area contributed by atoms with Gasteiger partial charge in [-0.25, -0.2) is 9.13 Å². The molecular formula is C17H15N4+. The van der Waals surface area contributed by atoms with Gasteiger partial charge in [-0.15, -0.1) is 0 Å². The first-order valence-corrected chi connectivity index (χ1v) is 7.16. The molecule has 0 bridgehead atoms. The minimum atomic E-state index is 0.929. The van der Waals surface area contributed by atoms with Gasteiger partial charge in [0.05, 0.1) is 31.6 Å². The van der Waals surface area contributed by atoms with E-state index in [9.17, 15) is 0 Å². The Morgan fingerprint density at radius 2 is 2.05 bits per heavy atom. The molecule has 0 saturated heterocycles. The number of imidazole rings is 1. The van der Waals surface area contributed by atoms with E-state index in [-0.39, 0.29) is 0 Å². The largest absolute Gasteiger partial charge is 0.269 e. The molecule has 0 amide bonds. The van der Waals surface area contributed by atoms with Crippen molar-refractivity contribution in [3.63, 3.8) is 0 Å². The third kappa shape index (κ3) is 1.17. The van der Waals surface area contributed by atoms with Crippen molar-refractivity contribution < 1.29 is 4.57 Å². The number of aryl methyl sites for hydroxylation is 2. The van der Waals surface area contributed by atoms with E-state index in [4.69, 9.17) is 0 Å². The quantitative estimate of drug-likeness (QED) is 0.399. The van der Waals surface area contributed by atoms with Crippen molar-refractivity contribution in [2.75, 3.05) is 0 Å². The van der Waals surface area contributed by atoms with E-state index in [2.05, 4.69) is 63.1 Å². The van der Waals surface area contributed by atoms with Crippen LogP contribution >= 0.6 is 0 Å². The maximum atomic E-state index is 4.30. The first-order chi connectivity index (χ1) is 10.3. The minimum absolute atomic E-state index is 0.929. The Balaban J connectivity index is 2.03. The summed E-state index contributed by atoms with van der Waals surface area (Å²) < 4.78 is 7.00. The zero-order valence-corrected chi connectivity index (χ0v) is 12.0. The summed E-state index contributed by atoms with van der Waals surface area (Å²) in [7, 11) is 4.29. The predicted octanol–water partition coefficient (Wildman–Crippen LogP) is 2.38. The SMILES string of the molecule is Cn1c2ccccc2c2c1[n+](C)c1n2Cc2ccncc2-1. The van der Waals surface area contributed by atoms with Gasteiger partial charge in [0, 0.05) is 18.0 Å². The summed E-state index contributed by atoms with van der Waals surface area (Å²) in [6, 6.07) is 10.7. The summed E-state index contributed by atoms with van der Waals surface area (Å²) in [6.45, 7) is 0.929. The molecule has 1 aromatic carbocycles. The average Bonchev–Trinajstić information content (AvgIpc) is 3.11. The van der Waals surface area contributed by atoms with Gasteiger partial charge in [0.15, 0.2) is 5.52 Å². The third-order valence-corrected chi connectivity index (χ3v) is 4.69. The van der Waals surface area contributed by atoms with E-state index >= 15 is 0 Å². The Morgan fingerprint density at radius 1 is 1.19 bits per heavy atom. The molecule has 4 heteroatoms. The van der Waals surface area contributed by atoms with Crippen molar-refractivity contribution in [2.45, 2.75) is 6.54 Å². The molecule has 0 unspecified atom stereocenters. The minimum Gasteiger partial charge on any atom is -0.264 e. The highest BCUT2D eigenvalue weighted by Gasteiger charge is 2.34. The van der Waals surface area contributed by atoms with Gasteiger partial charge in [-0.3, -0.25) is 9.55 Å². The molecule has 0 saturated carbocycles. The van der Waals surface area contributed by atoms with Crippen LogP contribution in [0.3, 0.4) is 0 Å². The van der Waals surface area contributed by atoms with E-state index in [0.717, 1.165) is 6.54 Å². The summed E-state index contributed by atoms with van der Waals surface area (Å²) in [4.78, 5) is 4.30. The lowest BCUT2D eigenvalue weighted by Crippen LogP contribution is -2.31. The van der Waals surface area contributed by atoms with Crippen molar-refractivity contribution in [2.24, 2.45) is 14.1 Å². The zero-order valence-electron chi connectivity index (χ0n) is 12.0. The van der Waals surface area contributed by atoms with Crippen LogP contribution in [0.25, 0.3) is 33.5 Å². The van der Waals surface area contributed by atoms with Gasteiger partial charge in [-0.05, 0) is 18.2 Å². The molecule has 4 nitrogen and oxygen atoms in total. The normalized spacial score (nSPS) is 13.0. The maximum Gasteiger partial charge on any atom is 0.269 e. The van der Waals surface area contributed by atoms with Crippen molar-refractivity contribution in [1.82, 2.24) is 14.1 Å². The number of benzene rings is 1. The Bertz CT molecular complexity index is 1040. The first kappa shape index (κ1) is 11.1. The molecule has 0 atom stereocenters. The summed E-state index contributed by atoms with van der Waals surface area (Å²) in [5.41, 5.74) is 6.47. The van der Waals surface area contributed by atoms with Crippen LogP contribution in [0.5, 0.6) is 0 Å². The predicted molar refractivity (Wildman–Crippen MR) is 81.9 cm³/mol. The average molecular weight is 275 g/mol. The van der Waals surface area contributed by atoms with Gasteiger partial charge in [0.1, 0.15) is 5.52 Å². The molecule has 0 spiro atoms. The molecule has 0 radical (unpaired) electrons. The summed E-state index contributed by atoms with van der Waals surface area (Å²) in [6.07, 6.45) is 3.86. The summed E-state index contributed by atoms with van der Waals surface area (Å²) in [5.74, 6) is 1.25. The molecule has 4 aromatic rings. The topological polar surface area (TPSA) is 26.6 Å². The number of fused-ring (bicyclic) bond motifs is 7. The van der Waals surface area contributed by atoms with Crippen LogP contribution in [0.1, 0.15) is 5.56 Å². The molecule has 4 heterocycles. The molecule has 0 aliphatic carbocycles. The Hall–Kier alpha value is -2.62. The van der Waals surface area contributed by atoms with E-state index in [1.165, 1.54) is 39.0 Å². The molecular weight excluding hydrogens is 260 g/mol.